The molecule has 1 unspecified atom stereocenters. The average Bonchev–Trinajstić information content (AvgIpc) is 2.64. The quantitative estimate of drug-likeness (QED) is 0.746. The largest absolute Gasteiger partial charge is 0.439 e. The van der Waals surface area contributed by atoms with Gasteiger partial charge in [0.15, 0.2) is 0 Å². The normalized spacial score (nSPS) is 17.1. The van der Waals surface area contributed by atoms with E-state index in [1.807, 2.05) is 11.8 Å². The van der Waals surface area contributed by atoms with Gasteiger partial charge in [0, 0.05) is 44.2 Å². The first-order chi connectivity index (χ1) is 13.3. The van der Waals surface area contributed by atoms with Gasteiger partial charge in [-0.15, -0.1) is 0 Å². The Morgan fingerprint density at radius 1 is 1.32 bits per heavy atom. The van der Waals surface area contributed by atoms with Crippen molar-refractivity contribution in [2.24, 2.45) is 5.92 Å². The van der Waals surface area contributed by atoms with Crippen LogP contribution in [0.25, 0.3) is 0 Å². The Hall–Kier alpha value is -2.41. The predicted octanol–water partition coefficient (Wildman–Crippen LogP) is 4.14. The number of hydrogen-bond acceptors (Lipinski definition) is 5. The number of aromatic nitrogens is 2. The number of anilines is 1. The van der Waals surface area contributed by atoms with Crippen LogP contribution >= 0.6 is 11.6 Å². The van der Waals surface area contributed by atoms with Gasteiger partial charge in [-0.1, -0.05) is 25.4 Å². The maximum atomic E-state index is 13.3. The molecule has 1 aromatic heterocycles. The van der Waals surface area contributed by atoms with Crippen LogP contribution in [0.1, 0.15) is 27.2 Å². The number of rotatable bonds is 5. The van der Waals surface area contributed by atoms with E-state index in [2.05, 4.69) is 28.7 Å². The van der Waals surface area contributed by atoms with Gasteiger partial charge in [-0.2, -0.15) is 0 Å². The fourth-order valence-electron chi connectivity index (χ4n) is 3.22. The lowest BCUT2D eigenvalue weighted by molar-refractivity contribution is -0.134. The van der Waals surface area contributed by atoms with Crippen molar-refractivity contribution >= 4 is 23.3 Å². The van der Waals surface area contributed by atoms with E-state index in [0.29, 0.717) is 43.6 Å². The van der Waals surface area contributed by atoms with Crippen molar-refractivity contribution in [2.45, 2.75) is 33.2 Å². The molecule has 1 aliphatic rings. The number of piperazine rings is 1. The predicted molar refractivity (Wildman–Crippen MR) is 106 cm³/mol. The van der Waals surface area contributed by atoms with E-state index in [1.54, 1.807) is 6.07 Å². The van der Waals surface area contributed by atoms with Crippen LogP contribution in [0.15, 0.2) is 30.6 Å². The molecule has 1 aliphatic heterocycles. The van der Waals surface area contributed by atoms with Gasteiger partial charge in [0.05, 0.1) is 5.02 Å². The van der Waals surface area contributed by atoms with E-state index < -0.39 is 5.82 Å². The van der Waals surface area contributed by atoms with Crippen LogP contribution in [0.3, 0.4) is 0 Å². The molecule has 6 nitrogen and oxygen atoms in total. The first-order valence-electron chi connectivity index (χ1n) is 9.33. The molecule has 150 valence electrons. The molecule has 1 fully saturated rings. The van der Waals surface area contributed by atoms with Crippen LogP contribution < -0.4 is 9.64 Å². The Balaban J connectivity index is 1.67. The number of halogens is 2. The Morgan fingerprint density at radius 2 is 2.11 bits per heavy atom. The lowest BCUT2D eigenvalue weighted by Crippen LogP contribution is -2.54. The van der Waals surface area contributed by atoms with E-state index in [0.717, 1.165) is 5.82 Å². The summed E-state index contributed by atoms with van der Waals surface area (Å²) in [6.45, 7) is 8.17. The number of carbonyl (C=O) groups excluding carboxylic acids is 1. The molecule has 0 N–H and O–H groups in total. The maximum Gasteiger partial charge on any atom is 0.224 e. The number of nitrogens with zero attached hydrogens (tertiary/aromatic N) is 4. The SMILES string of the molecule is CC(C)CC(=O)N1CCN(c2cc(Oc3ccc(F)c(Cl)c3)ncn2)CC1C. The second-order valence-corrected chi connectivity index (χ2v) is 7.78. The van der Waals surface area contributed by atoms with Gasteiger partial charge in [-0.3, -0.25) is 4.79 Å². The molecule has 1 saturated heterocycles. The Bertz CT molecular complexity index is 849. The van der Waals surface area contributed by atoms with Crippen molar-refractivity contribution in [3.8, 4) is 11.6 Å². The van der Waals surface area contributed by atoms with E-state index in [-0.39, 0.29) is 17.0 Å². The molecular formula is C20H24ClFN4O2. The summed E-state index contributed by atoms with van der Waals surface area (Å²) in [4.78, 5) is 24.9. The molecule has 28 heavy (non-hydrogen) atoms. The highest BCUT2D eigenvalue weighted by Gasteiger charge is 2.28. The lowest BCUT2D eigenvalue weighted by atomic mass is 10.1. The molecule has 0 spiro atoms. The highest BCUT2D eigenvalue weighted by atomic mass is 35.5. The van der Waals surface area contributed by atoms with Crippen molar-refractivity contribution < 1.29 is 13.9 Å². The number of ether oxygens (including phenoxy) is 1. The highest BCUT2D eigenvalue weighted by molar-refractivity contribution is 6.30. The third-order valence-electron chi connectivity index (χ3n) is 4.60. The van der Waals surface area contributed by atoms with Crippen molar-refractivity contribution in [1.29, 1.82) is 0 Å². The second kappa shape index (κ2) is 8.73. The summed E-state index contributed by atoms with van der Waals surface area (Å²) >= 11 is 5.79. The molecule has 1 atom stereocenters. The molecule has 8 heteroatoms. The summed E-state index contributed by atoms with van der Waals surface area (Å²) in [5, 5.41) is -0.0113. The first kappa shape index (κ1) is 20.3. The number of carbonyl (C=O) groups is 1. The summed E-state index contributed by atoms with van der Waals surface area (Å²) in [5.74, 6) is 1.51. The zero-order chi connectivity index (χ0) is 20.3. The van der Waals surface area contributed by atoms with Crippen LogP contribution in [0.5, 0.6) is 11.6 Å². The van der Waals surface area contributed by atoms with Gasteiger partial charge < -0.3 is 14.5 Å². The standard InChI is InChI=1S/C20H24ClFN4O2/c1-13(2)8-20(27)26-7-6-25(11-14(26)3)18-10-19(24-12-23-18)28-15-4-5-17(22)16(21)9-15/h4-5,9-10,12-14H,6-8,11H2,1-3H3. The lowest BCUT2D eigenvalue weighted by Gasteiger charge is -2.40. The molecule has 2 aromatic rings. The summed E-state index contributed by atoms with van der Waals surface area (Å²) in [5.41, 5.74) is 0. The Morgan fingerprint density at radius 3 is 2.79 bits per heavy atom. The minimum absolute atomic E-state index is 0.0113. The van der Waals surface area contributed by atoms with Gasteiger partial charge in [0.1, 0.15) is 23.7 Å². The minimum atomic E-state index is -0.503. The van der Waals surface area contributed by atoms with E-state index in [9.17, 15) is 9.18 Å². The van der Waals surface area contributed by atoms with Crippen molar-refractivity contribution in [3.05, 3.63) is 41.4 Å². The molecule has 3 rings (SSSR count). The monoisotopic (exact) mass is 406 g/mol. The van der Waals surface area contributed by atoms with Crippen LogP contribution in [0.2, 0.25) is 5.02 Å². The molecule has 0 saturated carbocycles. The average molecular weight is 407 g/mol. The topological polar surface area (TPSA) is 58.6 Å². The zero-order valence-corrected chi connectivity index (χ0v) is 17.0. The van der Waals surface area contributed by atoms with E-state index >= 15 is 0 Å². The van der Waals surface area contributed by atoms with Crippen molar-refractivity contribution in [3.63, 3.8) is 0 Å². The van der Waals surface area contributed by atoms with E-state index in [4.69, 9.17) is 16.3 Å². The van der Waals surface area contributed by atoms with Crippen LogP contribution in [-0.4, -0.2) is 46.5 Å². The van der Waals surface area contributed by atoms with Crippen LogP contribution in [0.4, 0.5) is 10.2 Å². The Labute approximate surface area is 169 Å². The second-order valence-electron chi connectivity index (χ2n) is 7.37. The molecule has 0 bridgehead atoms. The maximum absolute atomic E-state index is 13.3. The Kier molecular flexibility index (Phi) is 6.34. The zero-order valence-electron chi connectivity index (χ0n) is 16.2. The summed E-state index contributed by atoms with van der Waals surface area (Å²) in [6, 6.07) is 5.96. The van der Waals surface area contributed by atoms with Gasteiger partial charge in [-0.25, -0.2) is 14.4 Å². The first-order valence-corrected chi connectivity index (χ1v) is 9.70. The van der Waals surface area contributed by atoms with Gasteiger partial charge in [0.25, 0.3) is 0 Å². The fourth-order valence-corrected chi connectivity index (χ4v) is 3.39. The third kappa shape index (κ3) is 4.90. The summed E-state index contributed by atoms with van der Waals surface area (Å²) in [6.07, 6.45) is 1.99. The smallest absolute Gasteiger partial charge is 0.224 e. The van der Waals surface area contributed by atoms with Gasteiger partial charge >= 0.3 is 0 Å². The molecule has 1 aromatic carbocycles. The highest BCUT2D eigenvalue weighted by Crippen LogP contribution is 2.27. The van der Waals surface area contributed by atoms with Crippen LogP contribution in [-0.2, 0) is 4.79 Å². The molecule has 0 radical (unpaired) electrons. The van der Waals surface area contributed by atoms with Gasteiger partial charge in [-0.05, 0) is 25.0 Å². The summed E-state index contributed by atoms with van der Waals surface area (Å²) in [7, 11) is 0. The van der Waals surface area contributed by atoms with Crippen molar-refractivity contribution in [1.82, 2.24) is 14.9 Å². The molecular weight excluding hydrogens is 383 g/mol. The number of amides is 1. The van der Waals surface area contributed by atoms with Crippen molar-refractivity contribution in [2.75, 3.05) is 24.5 Å². The third-order valence-corrected chi connectivity index (χ3v) is 4.89. The van der Waals surface area contributed by atoms with Crippen LogP contribution in [0, 0.1) is 11.7 Å². The minimum Gasteiger partial charge on any atom is -0.439 e. The summed E-state index contributed by atoms with van der Waals surface area (Å²) < 4.78 is 19.0. The fraction of sp³-hybridized carbons (Fsp3) is 0.450. The number of benzene rings is 1. The van der Waals surface area contributed by atoms with Gasteiger partial charge in [0.2, 0.25) is 11.8 Å². The molecule has 2 heterocycles. The number of hydrogen-bond donors (Lipinski definition) is 0. The molecule has 1 amide bonds. The molecule has 0 aliphatic carbocycles. The van der Waals surface area contributed by atoms with E-state index in [1.165, 1.54) is 24.5 Å².